The number of carbonyl (C=O) groups is 2. The molecule has 0 atom stereocenters. The Morgan fingerprint density at radius 3 is 2.47 bits per heavy atom. The number of hydrogen-bond donors (Lipinski definition) is 1. The summed E-state index contributed by atoms with van der Waals surface area (Å²) in [5.74, 6) is -0.783. The van der Waals surface area contributed by atoms with Crippen LogP contribution in [0.4, 0.5) is 4.39 Å². The molecule has 0 saturated carbocycles. The van der Waals surface area contributed by atoms with Gasteiger partial charge in [0.1, 0.15) is 12.4 Å². The van der Waals surface area contributed by atoms with Crippen LogP contribution in [0.15, 0.2) is 48.5 Å². The van der Waals surface area contributed by atoms with E-state index in [1.807, 2.05) is 26.8 Å². The summed E-state index contributed by atoms with van der Waals surface area (Å²) in [5.41, 5.74) is 0.848. The summed E-state index contributed by atoms with van der Waals surface area (Å²) >= 11 is 6.25. The number of amides is 2. The quantitative estimate of drug-likeness (QED) is 0.587. The van der Waals surface area contributed by atoms with E-state index in [-0.39, 0.29) is 43.1 Å². The van der Waals surface area contributed by atoms with Crippen molar-refractivity contribution in [2.75, 3.05) is 6.54 Å². The highest BCUT2D eigenvalue weighted by Gasteiger charge is 2.22. The zero-order valence-corrected chi connectivity index (χ0v) is 18.8. The number of rotatable bonds is 7. The lowest BCUT2D eigenvalue weighted by Gasteiger charge is -2.26. The van der Waals surface area contributed by atoms with Crippen molar-refractivity contribution in [1.82, 2.24) is 30.4 Å². The van der Waals surface area contributed by atoms with Crippen LogP contribution in [0.5, 0.6) is 0 Å². The Hall–Kier alpha value is -3.33. The van der Waals surface area contributed by atoms with Gasteiger partial charge in [-0.25, -0.2) is 4.39 Å². The Labute approximate surface area is 190 Å². The van der Waals surface area contributed by atoms with Crippen molar-refractivity contribution in [1.29, 1.82) is 0 Å². The van der Waals surface area contributed by atoms with Gasteiger partial charge in [0.25, 0.3) is 0 Å². The van der Waals surface area contributed by atoms with E-state index >= 15 is 0 Å². The minimum absolute atomic E-state index is 0.148. The smallest absolute Gasteiger partial charge is 0.247 e. The van der Waals surface area contributed by atoms with E-state index in [0.717, 1.165) is 4.80 Å². The number of aromatic nitrogens is 4. The lowest BCUT2D eigenvalue weighted by Crippen LogP contribution is -2.47. The maximum Gasteiger partial charge on any atom is 0.247 e. The van der Waals surface area contributed by atoms with Crippen molar-refractivity contribution < 1.29 is 14.0 Å². The highest BCUT2D eigenvalue weighted by atomic mass is 35.5. The molecule has 8 nitrogen and oxygen atoms in total. The van der Waals surface area contributed by atoms with Gasteiger partial charge in [-0.15, -0.1) is 10.2 Å². The van der Waals surface area contributed by atoms with Crippen molar-refractivity contribution in [2.45, 2.75) is 39.4 Å². The lowest BCUT2D eigenvalue weighted by atomic mass is 10.1. The van der Waals surface area contributed by atoms with Crippen LogP contribution in [-0.2, 0) is 22.7 Å². The molecular formula is C22H24ClFN6O2. The van der Waals surface area contributed by atoms with Crippen molar-refractivity contribution >= 4 is 23.4 Å². The number of nitrogens with one attached hydrogen (secondary N) is 1. The van der Waals surface area contributed by atoms with Gasteiger partial charge < -0.3 is 10.2 Å². The van der Waals surface area contributed by atoms with E-state index in [4.69, 9.17) is 11.6 Å². The Balaban J connectivity index is 1.76. The summed E-state index contributed by atoms with van der Waals surface area (Å²) in [6.45, 7) is 5.36. The molecule has 0 unspecified atom stereocenters. The third-order valence-electron chi connectivity index (χ3n) is 4.35. The third-order valence-corrected chi connectivity index (χ3v) is 4.72. The van der Waals surface area contributed by atoms with Crippen molar-refractivity contribution in [3.63, 3.8) is 0 Å². The molecule has 1 N–H and O–H groups in total. The number of benzene rings is 2. The Morgan fingerprint density at radius 1 is 1.12 bits per heavy atom. The average molecular weight is 459 g/mol. The zero-order valence-electron chi connectivity index (χ0n) is 18.0. The predicted molar refractivity (Wildman–Crippen MR) is 118 cm³/mol. The number of hydrogen-bond acceptors (Lipinski definition) is 5. The van der Waals surface area contributed by atoms with E-state index in [2.05, 4.69) is 20.7 Å². The minimum Gasteiger partial charge on any atom is -0.350 e. The maximum atomic E-state index is 13.1. The second-order valence-corrected chi connectivity index (χ2v) is 8.70. The topological polar surface area (TPSA) is 93.0 Å². The molecule has 3 rings (SSSR count). The molecule has 0 aliphatic heterocycles. The van der Waals surface area contributed by atoms with Gasteiger partial charge in [-0.3, -0.25) is 9.59 Å². The number of nitrogens with zero attached hydrogens (tertiary/aromatic N) is 5. The molecule has 168 valence electrons. The summed E-state index contributed by atoms with van der Waals surface area (Å²) in [6, 6.07) is 12.8. The highest BCUT2D eigenvalue weighted by molar-refractivity contribution is 6.31. The fourth-order valence-electron chi connectivity index (χ4n) is 2.94. The van der Waals surface area contributed by atoms with E-state index in [1.165, 1.54) is 29.2 Å². The summed E-state index contributed by atoms with van der Waals surface area (Å²) in [4.78, 5) is 28.1. The van der Waals surface area contributed by atoms with Gasteiger partial charge in [-0.05, 0) is 61.9 Å². The molecule has 0 fully saturated rings. The van der Waals surface area contributed by atoms with E-state index < -0.39 is 5.54 Å². The van der Waals surface area contributed by atoms with E-state index in [0.29, 0.717) is 16.1 Å². The molecule has 0 saturated heterocycles. The van der Waals surface area contributed by atoms with E-state index in [9.17, 15) is 14.0 Å². The van der Waals surface area contributed by atoms with Crippen LogP contribution in [0, 0.1) is 5.82 Å². The lowest BCUT2D eigenvalue weighted by molar-refractivity contribution is -0.138. The van der Waals surface area contributed by atoms with Gasteiger partial charge in [0.05, 0.1) is 6.54 Å². The fraction of sp³-hybridized carbons (Fsp3) is 0.318. The SMILES string of the molecule is CC(C)(C)NC(=O)CN(Cc1ccccc1Cl)C(=O)Cn1nnc(-c2ccc(F)cc2)n1. The first kappa shape index (κ1) is 23.3. The van der Waals surface area contributed by atoms with Crippen LogP contribution in [0.3, 0.4) is 0 Å². The molecule has 3 aromatic rings. The second kappa shape index (κ2) is 9.86. The van der Waals surface area contributed by atoms with Crippen LogP contribution in [0.25, 0.3) is 11.4 Å². The molecule has 0 aliphatic rings. The molecule has 0 radical (unpaired) electrons. The normalized spacial score (nSPS) is 11.3. The van der Waals surface area contributed by atoms with Gasteiger partial charge in [0, 0.05) is 22.7 Å². The number of carbonyl (C=O) groups excluding carboxylic acids is 2. The van der Waals surface area contributed by atoms with Crippen molar-refractivity contribution in [2.24, 2.45) is 0 Å². The van der Waals surface area contributed by atoms with Crippen LogP contribution in [-0.4, -0.2) is 49.0 Å². The maximum absolute atomic E-state index is 13.1. The summed E-state index contributed by atoms with van der Waals surface area (Å²) in [5, 5.41) is 15.4. The zero-order chi connectivity index (χ0) is 23.3. The predicted octanol–water partition coefficient (Wildman–Crippen LogP) is 3.08. The summed E-state index contributed by atoms with van der Waals surface area (Å²) in [6.07, 6.45) is 0. The Kier molecular flexibility index (Phi) is 7.19. The molecule has 2 aromatic carbocycles. The van der Waals surface area contributed by atoms with Crippen LogP contribution < -0.4 is 5.32 Å². The van der Waals surface area contributed by atoms with Crippen LogP contribution in [0.2, 0.25) is 5.02 Å². The molecule has 0 aliphatic carbocycles. The largest absolute Gasteiger partial charge is 0.350 e. The van der Waals surface area contributed by atoms with Crippen molar-refractivity contribution in [3.05, 3.63) is 64.9 Å². The minimum atomic E-state index is -0.437. The van der Waals surface area contributed by atoms with Gasteiger partial charge in [0.15, 0.2) is 0 Å². The average Bonchev–Trinajstić information content (AvgIpc) is 3.16. The molecule has 1 heterocycles. The van der Waals surface area contributed by atoms with Gasteiger partial charge in [-0.2, -0.15) is 4.80 Å². The Morgan fingerprint density at radius 2 is 1.81 bits per heavy atom. The van der Waals surface area contributed by atoms with Crippen LogP contribution in [0.1, 0.15) is 26.3 Å². The molecule has 32 heavy (non-hydrogen) atoms. The van der Waals surface area contributed by atoms with Crippen LogP contribution >= 0.6 is 11.6 Å². The molecule has 10 heteroatoms. The van der Waals surface area contributed by atoms with Gasteiger partial charge in [0.2, 0.25) is 17.6 Å². The third kappa shape index (κ3) is 6.58. The first-order valence-electron chi connectivity index (χ1n) is 9.97. The second-order valence-electron chi connectivity index (χ2n) is 8.29. The number of tetrazole rings is 1. The first-order chi connectivity index (χ1) is 15.1. The fourth-order valence-corrected chi connectivity index (χ4v) is 3.14. The molecule has 0 spiro atoms. The number of halogens is 2. The highest BCUT2D eigenvalue weighted by Crippen LogP contribution is 2.18. The molecule has 0 bridgehead atoms. The molecule has 2 amide bonds. The first-order valence-corrected chi connectivity index (χ1v) is 10.3. The summed E-state index contributed by atoms with van der Waals surface area (Å²) in [7, 11) is 0. The molecular weight excluding hydrogens is 435 g/mol. The molecule has 1 aromatic heterocycles. The van der Waals surface area contributed by atoms with Gasteiger partial charge in [-0.1, -0.05) is 29.8 Å². The standard InChI is InChI=1S/C22H24ClFN6O2/c1-22(2,3)25-19(31)13-29(12-16-6-4-5-7-18(16)23)20(32)14-30-27-21(26-28-30)15-8-10-17(24)11-9-15/h4-11H,12-14H2,1-3H3,(H,25,31). The van der Waals surface area contributed by atoms with Gasteiger partial charge >= 0.3 is 0 Å². The van der Waals surface area contributed by atoms with Crippen molar-refractivity contribution in [3.8, 4) is 11.4 Å². The Bertz CT molecular complexity index is 1090. The van der Waals surface area contributed by atoms with E-state index in [1.54, 1.807) is 18.2 Å². The summed E-state index contributed by atoms with van der Waals surface area (Å²) < 4.78 is 13.1. The monoisotopic (exact) mass is 458 g/mol.